The van der Waals surface area contributed by atoms with E-state index < -0.39 is 40.6 Å². The van der Waals surface area contributed by atoms with Gasteiger partial charge in [0, 0.05) is 11.5 Å². The minimum atomic E-state index is -2.11. The second-order valence-electron chi connectivity index (χ2n) is 11.6. The van der Waals surface area contributed by atoms with E-state index in [1.165, 1.54) is 25.7 Å². The third kappa shape index (κ3) is 13.2. The molecule has 0 aromatic heterocycles. The van der Waals surface area contributed by atoms with Gasteiger partial charge in [0.15, 0.2) is 23.3 Å². The average Bonchev–Trinajstić information content (AvgIpc) is 2.88. The molecular formula is C32H53F5O3. The SMILES string of the molecule is CCCCCCCCC(CCCCCCCCCCc1c(F)c(F)c(F)c(F)c1F)C(O)(OC(C)C)OC(C)C. The Morgan fingerprint density at radius 3 is 1.30 bits per heavy atom. The van der Waals surface area contributed by atoms with E-state index in [4.69, 9.17) is 9.47 Å². The van der Waals surface area contributed by atoms with Gasteiger partial charge >= 0.3 is 0 Å². The maximum absolute atomic E-state index is 13.8. The van der Waals surface area contributed by atoms with Crippen molar-refractivity contribution in [1.29, 1.82) is 0 Å². The van der Waals surface area contributed by atoms with E-state index in [0.29, 0.717) is 12.8 Å². The van der Waals surface area contributed by atoms with Gasteiger partial charge in [0.2, 0.25) is 5.82 Å². The van der Waals surface area contributed by atoms with E-state index in [1.807, 2.05) is 27.7 Å². The van der Waals surface area contributed by atoms with E-state index in [0.717, 1.165) is 64.2 Å². The number of unbranched alkanes of at least 4 members (excludes halogenated alkanes) is 12. The molecule has 1 N–H and O–H groups in total. The van der Waals surface area contributed by atoms with Crippen molar-refractivity contribution in [3.8, 4) is 0 Å². The summed E-state index contributed by atoms with van der Waals surface area (Å²) in [6, 6.07) is 0. The Hall–Kier alpha value is -1.25. The second kappa shape index (κ2) is 19.8. The molecule has 40 heavy (non-hydrogen) atoms. The smallest absolute Gasteiger partial charge is 0.283 e. The second-order valence-corrected chi connectivity index (χ2v) is 11.6. The van der Waals surface area contributed by atoms with Gasteiger partial charge in [0.25, 0.3) is 5.97 Å². The van der Waals surface area contributed by atoms with Crippen molar-refractivity contribution in [3.05, 3.63) is 34.6 Å². The highest BCUT2D eigenvalue weighted by Crippen LogP contribution is 2.33. The lowest BCUT2D eigenvalue weighted by molar-refractivity contribution is -0.407. The van der Waals surface area contributed by atoms with Crippen LogP contribution in [0.25, 0.3) is 0 Å². The van der Waals surface area contributed by atoms with Gasteiger partial charge in [-0.25, -0.2) is 22.0 Å². The molecule has 0 bridgehead atoms. The van der Waals surface area contributed by atoms with Crippen molar-refractivity contribution < 1.29 is 36.5 Å². The van der Waals surface area contributed by atoms with Gasteiger partial charge < -0.3 is 14.6 Å². The van der Waals surface area contributed by atoms with Gasteiger partial charge in [-0.2, -0.15) is 0 Å². The maximum Gasteiger partial charge on any atom is 0.283 e. The summed E-state index contributed by atoms with van der Waals surface area (Å²) in [6.07, 6.45) is 15.0. The number of rotatable bonds is 23. The van der Waals surface area contributed by atoms with Crippen LogP contribution in [0.2, 0.25) is 0 Å². The molecule has 1 aromatic rings. The van der Waals surface area contributed by atoms with Crippen LogP contribution in [0.4, 0.5) is 22.0 Å². The zero-order valence-electron chi connectivity index (χ0n) is 25.4. The van der Waals surface area contributed by atoms with E-state index in [1.54, 1.807) is 0 Å². The van der Waals surface area contributed by atoms with Crippen molar-refractivity contribution in [2.45, 2.75) is 162 Å². The van der Waals surface area contributed by atoms with Crippen LogP contribution in [0, 0.1) is 35.0 Å². The Balaban J connectivity index is 2.43. The highest BCUT2D eigenvalue weighted by atomic mass is 19.2. The Labute approximate surface area is 239 Å². The van der Waals surface area contributed by atoms with E-state index in [2.05, 4.69) is 6.92 Å². The Morgan fingerprint density at radius 2 is 0.900 bits per heavy atom. The first kappa shape index (κ1) is 36.8. The predicted octanol–water partition coefficient (Wildman–Crippen LogP) is 10.3. The molecule has 1 aromatic carbocycles. The fourth-order valence-electron chi connectivity index (χ4n) is 5.20. The van der Waals surface area contributed by atoms with Gasteiger partial charge in [-0.15, -0.1) is 0 Å². The minimum absolute atomic E-state index is 0.106. The molecule has 0 amide bonds. The highest BCUT2D eigenvalue weighted by molar-refractivity contribution is 5.24. The molecular weight excluding hydrogens is 527 g/mol. The number of hydrogen-bond acceptors (Lipinski definition) is 3. The first-order valence-corrected chi connectivity index (χ1v) is 15.5. The lowest BCUT2D eigenvalue weighted by atomic mass is 9.91. The summed E-state index contributed by atoms with van der Waals surface area (Å²) in [5.41, 5.74) is -0.727. The van der Waals surface area contributed by atoms with Gasteiger partial charge in [-0.3, -0.25) is 0 Å². The number of halogens is 5. The third-order valence-electron chi connectivity index (χ3n) is 7.26. The Bertz CT molecular complexity index is 792. The molecule has 0 aliphatic rings. The van der Waals surface area contributed by atoms with Crippen molar-refractivity contribution >= 4 is 0 Å². The molecule has 1 unspecified atom stereocenters. The molecule has 234 valence electrons. The van der Waals surface area contributed by atoms with Crippen LogP contribution < -0.4 is 0 Å². The molecule has 3 nitrogen and oxygen atoms in total. The van der Waals surface area contributed by atoms with Crippen molar-refractivity contribution in [2.24, 2.45) is 5.92 Å². The van der Waals surface area contributed by atoms with Crippen LogP contribution in [0.15, 0.2) is 0 Å². The molecule has 0 heterocycles. The van der Waals surface area contributed by atoms with Crippen LogP contribution in [0.3, 0.4) is 0 Å². The summed E-state index contributed by atoms with van der Waals surface area (Å²) in [5.74, 6) is -11.0. The van der Waals surface area contributed by atoms with E-state index in [-0.39, 0.29) is 24.5 Å². The van der Waals surface area contributed by atoms with Crippen LogP contribution in [0.5, 0.6) is 0 Å². The first-order chi connectivity index (χ1) is 18.9. The minimum Gasteiger partial charge on any atom is -0.343 e. The molecule has 1 rings (SSSR count). The zero-order chi connectivity index (χ0) is 30.1. The van der Waals surface area contributed by atoms with E-state index in [9.17, 15) is 27.1 Å². The van der Waals surface area contributed by atoms with E-state index >= 15 is 0 Å². The van der Waals surface area contributed by atoms with Crippen molar-refractivity contribution in [2.75, 3.05) is 0 Å². The third-order valence-corrected chi connectivity index (χ3v) is 7.26. The van der Waals surface area contributed by atoms with Gasteiger partial charge in [-0.05, 0) is 53.4 Å². The summed E-state index contributed by atoms with van der Waals surface area (Å²) in [6.45, 7) is 9.81. The summed E-state index contributed by atoms with van der Waals surface area (Å²) >= 11 is 0. The summed E-state index contributed by atoms with van der Waals surface area (Å²) in [5, 5.41) is 11.4. The summed E-state index contributed by atoms with van der Waals surface area (Å²) < 4.78 is 79.3. The molecule has 1 atom stereocenters. The fraction of sp³-hybridized carbons (Fsp3) is 0.812. The molecule has 0 aliphatic heterocycles. The van der Waals surface area contributed by atoms with Gasteiger partial charge in [0.05, 0.1) is 12.2 Å². The molecule has 0 spiro atoms. The fourth-order valence-corrected chi connectivity index (χ4v) is 5.20. The summed E-state index contributed by atoms with van der Waals surface area (Å²) in [7, 11) is 0. The number of aliphatic hydroxyl groups is 1. The molecule has 8 heteroatoms. The maximum atomic E-state index is 13.8. The lowest BCUT2D eigenvalue weighted by Crippen LogP contribution is -2.47. The quantitative estimate of drug-likeness (QED) is 0.0460. The molecule has 0 fully saturated rings. The average molecular weight is 581 g/mol. The van der Waals surface area contributed by atoms with Crippen LogP contribution in [-0.2, 0) is 15.9 Å². The standard InChI is InChI=1S/C32H53F5O3/c1-6-7-8-9-14-17-20-25(32(38,39-23(2)3)40-24(4)5)21-18-15-12-10-11-13-16-19-22-26-27(33)29(35)31(37)30(36)28(26)34/h23-25,38H,6-22H2,1-5H3. The predicted molar refractivity (Wildman–Crippen MR) is 150 cm³/mol. The van der Waals surface area contributed by atoms with Crippen molar-refractivity contribution in [3.63, 3.8) is 0 Å². The topological polar surface area (TPSA) is 38.7 Å². The van der Waals surface area contributed by atoms with Gasteiger partial charge in [-0.1, -0.05) is 90.4 Å². The number of hydrogen-bond donors (Lipinski definition) is 1. The highest BCUT2D eigenvalue weighted by Gasteiger charge is 2.40. The number of ether oxygens (including phenoxy) is 2. The van der Waals surface area contributed by atoms with Gasteiger partial charge in [0.1, 0.15) is 0 Å². The van der Waals surface area contributed by atoms with Crippen LogP contribution >= 0.6 is 0 Å². The van der Waals surface area contributed by atoms with Crippen LogP contribution in [-0.4, -0.2) is 23.3 Å². The lowest BCUT2D eigenvalue weighted by Gasteiger charge is -2.38. The molecule has 0 saturated carbocycles. The normalized spacial score (nSPS) is 13.1. The monoisotopic (exact) mass is 580 g/mol. The Morgan fingerprint density at radius 1 is 0.550 bits per heavy atom. The summed E-state index contributed by atoms with van der Waals surface area (Å²) in [4.78, 5) is 0. The Kier molecular flexibility index (Phi) is 18.2. The zero-order valence-corrected chi connectivity index (χ0v) is 25.4. The number of benzene rings is 1. The molecule has 0 saturated heterocycles. The van der Waals surface area contributed by atoms with Crippen LogP contribution in [0.1, 0.15) is 143 Å². The first-order valence-electron chi connectivity index (χ1n) is 15.5. The molecule has 0 aliphatic carbocycles. The largest absolute Gasteiger partial charge is 0.343 e. The van der Waals surface area contributed by atoms with Crippen molar-refractivity contribution in [1.82, 2.24) is 0 Å². The molecule has 0 radical (unpaired) electrons.